The van der Waals surface area contributed by atoms with Gasteiger partial charge < -0.3 is 9.80 Å². The second kappa shape index (κ2) is 7.09. The number of rotatable bonds is 5. The number of benzene rings is 1. The summed E-state index contributed by atoms with van der Waals surface area (Å²) in [6.45, 7) is 1.63. The molecule has 0 N–H and O–H groups in total. The van der Waals surface area contributed by atoms with Crippen LogP contribution >= 0.6 is 12.4 Å². The molecule has 0 spiro atoms. The Morgan fingerprint density at radius 2 is 1.76 bits per heavy atom. The number of nitro groups is 1. The van der Waals surface area contributed by atoms with E-state index in [1.165, 1.54) is 6.07 Å². The number of para-hydroxylation sites is 2. The van der Waals surface area contributed by atoms with Gasteiger partial charge in [-0.15, -0.1) is 12.4 Å². The predicted molar refractivity (Wildman–Crippen MR) is 72.2 cm³/mol. The van der Waals surface area contributed by atoms with Crippen LogP contribution in [0.15, 0.2) is 24.3 Å². The molecule has 0 amide bonds. The van der Waals surface area contributed by atoms with Gasteiger partial charge in [-0.3, -0.25) is 10.1 Å². The van der Waals surface area contributed by atoms with E-state index in [-0.39, 0.29) is 23.0 Å². The van der Waals surface area contributed by atoms with Crippen molar-refractivity contribution in [2.75, 3.05) is 39.1 Å². The molecule has 1 rings (SSSR count). The summed E-state index contributed by atoms with van der Waals surface area (Å²) in [7, 11) is 5.83. The molecule has 0 aromatic heterocycles. The molecular weight excluding hydrogens is 242 g/mol. The van der Waals surface area contributed by atoms with Gasteiger partial charge in [-0.25, -0.2) is 0 Å². The fourth-order valence-electron chi connectivity index (χ4n) is 1.41. The van der Waals surface area contributed by atoms with Crippen LogP contribution in [0.3, 0.4) is 0 Å². The molecule has 17 heavy (non-hydrogen) atoms. The largest absolute Gasteiger partial charge is 0.368 e. The molecule has 0 saturated heterocycles. The van der Waals surface area contributed by atoms with Crippen LogP contribution in [0.2, 0.25) is 0 Å². The highest BCUT2D eigenvalue weighted by Gasteiger charge is 2.15. The molecule has 0 aliphatic heterocycles. The molecule has 0 bridgehead atoms. The quantitative estimate of drug-likeness (QED) is 0.600. The Hall–Kier alpha value is -1.33. The van der Waals surface area contributed by atoms with Crippen molar-refractivity contribution in [1.29, 1.82) is 0 Å². The van der Waals surface area contributed by atoms with Crippen LogP contribution in [-0.4, -0.2) is 44.1 Å². The summed E-state index contributed by atoms with van der Waals surface area (Å²) in [5.74, 6) is 0. The highest BCUT2D eigenvalue weighted by Crippen LogP contribution is 2.26. The molecule has 1 aromatic carbocycles. The fraction of sp³-hybridized carbons (Fsp3) is 0.455. The van der Waals surface area contributed by atoms with Gasteiger partial charge in [-0.1, -0.05) is 12.1 Å². The smallest absolute Gasteiger partial charge is 0.292 e. The highest BCUT2D eigenvalue weighted by atomic mass is 35.5. The van der Waals surface area contributed by atoms with E-state index in [2.05, 4.69) is 0 Å². The van der Waals surface area contributed by atoms with Crippen LogP contribution in [0, 0.1) is 10.1 Å². The molecular formula is C11H18ClN3O2. The Bertz CT molecular complexity index is 371. The van der Waals surface area contributed by atoms with Crippen molar-refractivity contribution in [2.24, 2.45) is 0 Å². The zero-order valence-electron chi connectivity index (χ0n) is 10.3. The maximum atomic E-state index is 10.8. The minimum Gasteiger partial charge on any atom is -0.368 e. The zero-order valence-corrected chi connectivity index (χ0v) is 11.1. The van der Waals surface area contributed by atoms with E-state index in [4.69, 9.17) is 0 Å². The van der Waals surface area contributed by atoms with Crippen LogP contribution < -0.4 is 4.90 Å². The molecule has 5 nitrogen and oxygen atoms in total. The van der Waals surface area contributed by atoms with E-state index in [0.29, 0.717) is 5.69 Å². The molecule has 0 heterocycles. The Morgan fingerprint density at radius 1 is 1.18 bits per heavy atom. The summed E-state index contributed by atoms with van der Waals surface area (Å²) >= 11 is 0. The molecule has 96 valence electrons. The number of nitro benzene ring substituents is 1. The van der Waals surface area contributed by atoms with Gasteiger partial charge in [0.1, 0.15) is 5.69 Å². The van der Waals surface area contributed by atoms with Crippen molar-refractivity contribution in [3.05, 3.63) is 34.4 Å². The molecule has 0 atom stereocenters. The van der Waals surface area contributed by atoms with Crippen LogP contribution in [0.25, 0.3) is 0 Å². The standard InChI is InChI=1S/C11H17N3O2.ClH/c1-12(2)8-9-13(3)10-6-4-5-7-11(10)14(15)16;/h4-7H,8-9H2,1-3H3;1H. The first-order chi connectivity index (χ1) is 7.52. The van der Waals surface area contributed by atoms with Gasteiger partial charge >= 0.3 is 0 Å². The summed E-state index contributed by atoms with van der Waals surface area (Å²) in [6, 6.07) is 6.80. The van der Waals surface area contributed by atoms with Crippen molar-refractivity contribution >= 4 is 23.8 Å². The Morgan fingerprint density at radius 3 is 2.29 bits per heavy atom. The first-order valence-corrected chi connectivity index (χ1v) is 5.11. The molecule has 1 aromatic rings. The number of hydrogen-bond acceptors (Lipinski definition) is 4. The number of anilines is 1. The number of likely N-dealkylation sites (N-methyl/N-ethyl adjacent to an activating group) is 2. The first-order valence-electron chi connectivity index (χ1n) is 5.11. The van der Waals surface area contributed by atoms with E-state index >= 15 is 0 Å². The number of nitrogens with zero attached hydrogens (tertiary/aromatic N) is 3. The summed E-state index contributed by atoms with van der Waals surface area (Å²) in [5, 5.41) is 10.8. The third-order valence-corrected chi connectivity index (χ3v) is 2.37. The van der Waals surface area contributed by atoms with E-state index in [9.17, 15) is 10.1 Å². The van der Waals surface area contributed by atoms with Gasteiger partial charge in [-0.2, -0.15) is 0 Å². The van der Waals surface area contributed by atoms with Crippen LogP contribution in [0.4, 0.5) is 11.4 Å². The molecule has 0 radical (unpaired) electrons. The lowest BCUT2D eigenvalue weighted by Gasteiger charge is -2.21. The van der Waals surface area contributed by atoms with Crippen molar-refractivity contribution in [1.82, 2.24) is 4.90 Å². The molecule has 0 fully saturated rings. The van der Waals surface area contributed by atoms with Crippen LogP contribution in [0.1, 0.15) is 0 Å². The minimum absolute atomic E-state index is 0. The highest BCUT2D eigenvalue weighted by molar-refractivity contribution is 5.85. The lowest BCUT2D eigenvalue weighted by Crippen LogP contribution is -2.28. The van der Waals surface area contributed by atoms with E-state index in [1.54, 1.807) is 12.1 Å². The van der Waals surface area contributed by atoms with Crippen molar-refractivity contribution in [2.45, 2.75) is 0 Å². The van der Waals surface area contributed by atoms with Gasteiger partial charge in [0.05, 0.1) is 4.92 Å². The molecule has 0 aliphatic rings. The van der Waals surface area contributed by atoms with E-state index in [0.717, 1.165) is 13.1 Å². The topological polar surface area (TPSA) is 49.6 Å². The van der Waals surface area contributed by atoms with Gasteiger partial charge in [-0.05, 0) is 20.2 Å². The van der Waals surface area contributed by atoms with Crippen LogP contribution in [-0.2, 0) is 0 Å². The van der Waals surface area contributed by atoms with Gasteiger partial charge in [0, 0.05) is 26.2 Å². The summed E-state index contributed by atoms with van der Waals surface area (Å²) in [5.41, 5.74) is 0.818. The van der Waals surface area contributed by atoms with Crippen LogP contribution in [0.5, 0.6) is 0 Å². The first kappa shape index (κ1) is 15.7. The lowest BCUT2D eigenvalue weighted by atomic mass is 10.2. The second-order valence-electron chi connectivity index (χ2n) is 3.97. The van der Waals surface area contributed by atoms with Crippen molar-refractivity contribution in [3.8, 4) is 0 Å². The van der Waals surface area contributed by atoms with Gasteiger partial charge in [0.2, 0.25) is 0 Å². The van der Waals surface area contributed by atoms with E-state index < -0.39 is 0 Å². The maximum Gasteiger partial charge on any atom is 0.292 e. The third kappa shape index (κ3) is 4.58. The summed E-state index contributed by atoms with van der Waals surface area (Å²) in [4.78, 5) is 14.4. The monoisotopic (exact) mass is 259 g/mol. The maximum absolute atomic E-state index is 10.8. The van der Waals surface area contributed by atoms with E-state index in [1.807, 2.05) is 37.0 Å². The predicted octanol–water partition coefficient (Wildman–Crippen LogP) is 2.01. The minimum atomic E-state index is -0.346. The SMILES string of the molecule is CN(C)CCN(C)c1ccccc1[N+](=O)[O-].Cl. The summed E-state index contributed by atoms with van der Waals surface area (Å²) in [6.07, 6.45) is 0. The Labute approximate surface area is 108 Å². The third-order valence-electron chi connectivity index (χ3n) is 2.37. The number of hydrogen-bond donors (Lipinski definition) is 0. The summed E-state index contributed by atoms with van der Waals surface area (Å²) < 4.78 is 0. The molecule has 0 saturated carbocycles. The average molecular weight is 260 g/mol. The lowest BCUT2D eigenvalue weighted by molar-refractivity contribution is -0.384. The molecule has 6 heteroatoms. The molecule has 0 unspecified atom stereocenters. The Balaban J connectivity index is 0.00000256. The fourth-order valence-corrected chi connectivity index (χ4v) is 1.41. The normalized spacial score (nSPS) is 9.88. The van der Waals surface area contributed by atoms with Gasteiger partial charge in [0.15, 0.2) is 0 Å². The van der Waals surface area contributed by atoms with Crippen molar-refractivity contribution in [3.63, 3.8) is 0 Å². The Kier molecular flexibility index (Phi) is 6.53. The second-order valence-corrected chi connectivity index (χ2v) is 3.97. The number of halogens is 1. The van der Waals surface area contributed by atoms with Crippen molar-refractivity contribution < 1.29 is 4.92 Å². The average Bonchev–Trinajstić information content (AvgIpc) is 2.25. The van der Waals surface area contributed by atoms with Gasteiger partial charge in [0.25, 0.3) is 5.69 Å². The zero-order chi connectivity index (χ0) is 12.1. The molecule has 0 aliphatic carbocycles.